The van der Waals surface area contributed by atoms with Crippen LogP contribution in [0.1, 0.15) is 42.4 Å². The molecular weight excluding hydrogens is 319 g/mol. The number of benzene rings is 1. The average molecular weight is 342 g/mol. The molecule has 2 atom stereocenters. The fourth-order valence-electron chi connectivity index (χ4n) is 3.45. The highest BCUT2D eigenvalue weighted by Crippen LogP contribution is 2.23. The van der Waals surface area contributed by atoms with Gasteiger partial charge in [-0.25, -0.2) is 9.37 Å². The summed E-state index contributed by atoms with van der Waals surface area (Å²) in [5, 5.41) is 6.56. The fraction of sp³-hybridized carbons (Fsp3) is 0.474. The second-order valence-corrected chi connectivity index (χ2v) is 7.12. The number of carbonyl (C=O) groups excluding carboxylic acids is 1. The maximum Gasteiger partial charge on any atom is 0.241 e. The molecule has 2 heterocycles. The Hall–Kier alpha value is -2.21. The number of rotatable bonds is 5. The van der Waals surface area contributed by atoms with Gasteiger partial charge in [0.05, 0.1) is 5.69 Å². The molecule has 1 saturated carbocycles. The fourth-order valence-corrected chi connectivity index (χ4v) is 3.45. The molecule has 6 heteroatoms. The number of aromatic nitrogens is 2. The van der Waals surface area contributed by atoms with Crippen molar-refractivity contribution in [3.8, 4) is 0 Å². The number of nitrogens with zero attached hydrogens (tertiary/aromatic N) is 2. The lowest BCUT2D eigenvalue weighted by Crippen LogP contribution is -2.46. The lowest BCUT2D eigenvalue weighted by atomic mass is 10.0. The van der Waals surface area contributed by atoms with Crippen LogP contribution < -0.4 is 10.6 Å². The van der Waals surface area contributed by atoms with Crippen molar-refractivity contribution in [2.24, 2.45) is 0 Å². The number of imidazole rings is 1. The van der Waals surface area contributed by atoms with E-state index in [0.29, 0.717) is 6.04 Å². The van der Waals surface area contributed by atoms with E-state index < -0.39 is 6.04 Å². The topological polar surface area (TPSA) is 59.0 Å². The largest absolute Gasteiger partial charge is 0.352 e. The molecule has 1 aromatic heterocycles. The van der Waals surface area contributed by atoms with Crippen LogP contribution in [0.25, 0.3) is 0 Å². The summed E-state index contributed by atoms with van der Waals surface area (Å²) in [7, 11) is 0. The van der Waals surface area contributed by atoms with E-state index in [0.717, 1.165) is 49.3 Å². The summed E-state index contributed by atoms with van der Waals surface area (Å²) in [5.74, 6) is 0.791. The summed E-state index contributed by atoms with van der Waals surface area (Å²) < 4.78 is 15.4. The van der Waals surface area contributed by atoms with Crippen molar-refractivity contribution in [3.05, 3.63) is 53.4 Å². The number of hydrogen-bond donors (Lipinski definition) is 2. The molecule has 4 rings (SSSR count). The highest BCUT2D eigenvalue weighted by molar-refractivity contribution is 5.83. The Morgan fingerprint density at radius 3 is 2.72 bits per heavy atom. The smallest absolute Gasteiger partial charge is 0.241 e. The monoisotopic (exact) mass is 342 g/mol. The highest BCUT2D eigenvalue weighted by atomic mass is 19.1. The number of carbonyl (C=O) groups is 1. The molecule has 2 aromatic rings. The van der Waals surface area contributed by atoms with E-state index >= 15 is 0 Å². The molecule has 1 aliphatic heterocycles. The summed E-state index contributed by atoms with van der Waals surface area (Å²) in [6.07, 6.45) is 5.98. The van der Waals surface area contributed by atoms with Gasteiger partial charge >= 0.3 is 0 Å². The molecule has 0 spiro atoms. The molecule has 0 saturated heterocycles. The lowest BCUT2D eigenvalue weighted by molar-refractivity contribution is -0.123. The van der Waals surface area contributed by atoms with Gasteiger partial charge in [0, 0.05) is 31.2 Å². The van der Waals surface area contributed by atoms with Gasteiger partial charge in [0.25, 0.3) is 0 Å². The van der Waals surface area contributed by atoms with E-state index in [1.165, 1.54) is 12.1 Å². The summed E-state index contributed by atoms with van der Waals surface area (Å²) >= 11 is 0. The normalized spacial score (nSPS) is 20.8. The van der Waals surface area contributed by atoms with Crippen LogP contribution in [0, 0.1) is 12.7 Å². The van der Waals surface area contributed by atoms with Gasteiger partial charge in [-0.15, -0.1) is 0 Å². The molecule has 1 aliphatic carbocycles. The molecule has 132 valence electrons. The molecule has 2 N–H and O–H groups in total. The standard InChI is InChI=1S/C19H23FN4O/c1-12-10-24-11-16(8-9-17(24)21-12)22-18(19(25)23-15-6-7-15)13-2-4-14(20)5-3-13/h2-5,10,15-16,18,22H,6-9,11H2,1H3,(H,23,25). The van der Waals surface area contributed by atoms with Gasteiger partial charge in [-0.1, -0.05) is 12.1 Å². The van der Waals surface area contributed by atoms with Gasteiger partial charge in [0.2, 0.25) is 5.91 Å². The summed E-state index contributed by atoms with van der Waals surface area (Å²) in [5.41, 5.74) is 1.82. The first-order valence-corrected chi connectivity index (χ1v) is 8.93. The van der Waals surface area contributed by atoms with E-state index in [9.17, 15) is 9.18 Å². The van der Waals surface area contributed by atoms with Crippen LogP contribution in [0.2, 0.25) is 0 Å². The molecule has 1 aromatic carbocycles. The lowest BCUT2D eigenvalue weighted by Gasteiger charge is -2.29. The van der Waals surface area contributed by atoms with E-state index in [2.05, 4.69) is 26.4 Å². The Balaban J connectivity index is 1.51. The molecule has 2 aliphatic rings. The van der Waals surface area contributed by atoms with Crippen LogP contribution in [0.5, 0.6) is 0 Å². The number of fused-ring (bicyclic) bond motifs is 1. The summed E-state index contributed by atoms with van der Waals surface area (Å²) in [6.45, 7) is 2.79. The quantitative estimate of drug-likeness (QED) is 0.876. The SMILES string of the molecule is Cc1cn2c(n1)CCC(NC(C(=O)NC1CC1)c1ccc(F)cc1)C2. The van der Waals surface area contributed by atoms with Gasteiger partial charge in [0.15, 0.2) is 0 Å². The minimum Gasteiger partial charge on any atom is -0.352 e. The maximum atomic E-state index is 13.3. The van der Waals surface area contributed by atoms with Crippen molar-refractivity contribution < 1.29 is 9.18 Å². The zero-order valence-corrected chi connectivity index (χ0v) is 14.3. The second-order valence-electron chi connectivity index (χ2n) is 7.12. The van der Waals surface area contributed by atoms with E-state index in [1.54, 1.807) is 12.1 Å². The van der Waals surface area contributed by atoms with Crippen molar-refractivity contribution in [1.29, 1.82) is 0 Å². The van der Waals surface area contributed by atoms with Crippen LogP contribution in [0.3, 0.4) is 0 Å². The minimum absolute atomic E-state index is 0.0262. The third-order valence-corrected chi connectivity index (χ3v) is 4.90. The zero-order chi connectivity index (χ0) is 17.4. The number of halogens is 1. The molecule has 25 heavy (non-hydrogen) atoms. The number of aryl methyl sites for hydroxylation is 2. The molecule has 1 amide bonds. The molecule has 5 nitrogen and oxygen atoms in total. The summed E-state index contributed by atoms with van der Waals surface area (Å²) in [6, 6.07) is 6.22. The molecular formula is C19H23FN4O. The van der Waals surface area contributed by atoms with Crippen molar-refractivity contribution in [2.45, 2.75) is 57.3 Å². The molecule has 0 radical (unpaired) electrons. The molecule has 2 unspecified atom stereocenters. The highest BCUT2D eigenvalue weighted by Gasteiger charge is 2.31. The van der Waals surface area contributed by atoms with E-state index in [-0.39, 0.29) is 17.8 Å². The Bertz CT molecular complexity index is 766. The van der Waals surface area contributed by atoms with Crippen LogP contribution in [-0.2, 0) is 17.8 Å². The minimum atomic E-state index is -0.461. The van der Waals surface area contributed by atoms with Crippen LogP contribution in [0.4, 0.5) is 4.39 Å². The Morgan fingerprint density at radius 2 is 2.00 bits per heavy atom. The Morgan fingerprint density at radius 1 is 1.24 bits per heavy atom. The second kappa shape index (κ2) is 6.59. The zero-order valence-electron chi connectivity index (χ0n) is 14.3. The van der Waals surface area contributed by atoms with Crippen molar-refractivity contribution in [1.82, 2.24) is 20.2 Å². The third kappa shape index (κ3) is 3.74. The Labute approximate surface area is 146 Å². The van der Waals surface area contributed by atoms with Crippen molar-refractivity contribution >= 4 is 5.91 Å². The molecule has 0 bridgehead atoms. The van der Waals surface area contributed by atoms with Crippen LogP contribution >= 0.6 is 0 Å². The first-order valence-electron chi connectivity index (χ1n) is 8.93. The average Bonchev–Trinajstić information content (AvgIpc) is 3.32. The number of nitrogens with one attached hydrogen (secondary N) is 2. The Kier molecular flexibility index (Phi) is 4.29. The van der Waals surface area contributed by atoms with Crippen LogP contribution in [0.15, 0.2) is 30.5 Å². The third-order valence-electron chi connectivity index (χ3n) is 4.90. The maximum absolute atomic E-state index is 13.3. The van der Waals surface area contributed by atoms with Gasteiger partial charge < -0.3 is 9.88 Å². The van der Waals surface area contributed by atoms with Gasteiger partial charge in [-0.3, -0.25) is 10.1 Å². The first kappa shape index (κ1) is 16.3. The number of amides is 1. The predicted molar refractivity (Wildman–Crippen MR) is 92.5 cm³/mol. The summed E-state index contributed by atoms with van der Waals surface area (Å²) in [4.78, 5) is 17.2. The molecule has 1 fully saturated rings. The van der Waals surface area contributed by atoms with E-state index in [4.69, 9.17) is 0 Å². The predicted octanol–water partition coefficient (Wildman–Crippen LogP) is 2.25. The van der Waals surface area contributed by atoms with Gasteiger partial charge in [-0.2, -0.15) is 0 Å². The number of hydrogen-bond acceptors (Lipinski definition) is 3. The van der Waals surface area contributed by atoms with Crippen molar-refractivity contribution in [2.75, 3.05) is 0 Å². The first-order chi connectivity index (χ1) is 12.1. The van der Waals surface area contributed by atoms with Crippen LogP contribution in [-0.4, -0.2) is 27.5 Å². The van der Waals surface area contributed by atoms with Crippen molar-refractivity contribution in [3.63, 3.8) is 0 Å². The van der Waals surface area contributed by atoms with Gasteiger partial charge in [-0.05, 0) is 43.9 Å². The van der Waals surface area contributed by atoms with Gasteiger partial charge in [0.1, 0.15) is 17.7 Å². The van der Waals surface area contributed by atoms with E-state index in [1.807, 2.05) is 6.92 Å².